The lowest BCUT2D eigenvalue weighted by Crippen LogP contribution is -2.10. The first-order chi connectivity index (χ1) is 13.2. The highest BCUT2D eigenvalue weighted by Crippen LogP contribution is 2.31. The van der Waals surface area contributed by atoms with Gasteiger partial charge in [0.05, 0.1) is 13.3 Å². The SMILES string of the molecule is COc1cccc(/C=N/Nc2nncc(=O)[nH]2)c1OCc1ccccc1F. The standard InChI is InChI=1S/C18H16FN5O3/c1-26-15-8-4-6-12(9-20-23-18-22-16(25)10-21-24-18)17(15)27-11-13-5-2-3-7-14(13)19/h2-10H,11H2,1H3,(H2,22,23,24,25)/b20-9+. The Morgan fingerprint density at radius 3 is 2.89 bits per heavy atom. The monoisotopic (exact) mass is 369 g/mol. The molecule has 0 aliphatic rings. The highest BCUT2D eigenvalue weighted by molar-refractivity contribution is 5.85. The molecule has 2 N–H and O–H groups in total. The minimum absolute atomic E-state index is 0.0266. The molecule has 0 aliphatic heterocycles. The zero-order valence-corrected chi connectivity index (χ0v) is 14.3. The Hall–Kier alpha value is -3.75. The number of hydrazone groups is 1. The van der Waals surface area contributed by atoms with Crippen LogP contribution in [-0.2, 0) is 6.61 Å². The number of ether oxygens (including phenoxy) is 2. The van der Waals surface area contributed by atoms with Gasteiger partial charge in [-0.1, -0.05) is 24.3 Å². The fourth-order valence-electron chi connectivity index (χ4n) is 2.24. The van der Waals surface area contributed by atoms with Gasteiger partial charge in [-0.05, 0) is 18.2 Å². The summed E-state index contributed by atoms with van der Waals surface area (Å²) in [6, 6.07) is 11.6. The third kappa shape index (κ3) is 4.66. The second-order valence-corrected chi connectivity index (χ2v) is 5.31. The zero-order valence-electron chi connectivity index (χ0n) is 14.3. The van der Waals surface area contributed by atoms with Gasteiger partial charge in [0, 0.05) is 11.1 Å². The molecule has 0 saturated heterocycles. The largest absolute Gasteiger partial charge is 0.493 e. The van der Waals surface area contributed by atoms with Gasteiger partial charge in [0.25, 0.3) is 5.56 Å². The van der Waals surface area contributed by atoms with E-state index in [1.54, 1.807) is 36.4 Å². The smallest absolute Gasteiger partial charge is 0.271 e. The van der Waals surface area contributed by atoms with E-state index in [2.05, 4.69) is 25.7 Å². The van der Waals surface area contributed by atoms with Crippen LogP contribution in [0.5, 0.6) is 11.5 Å². The van der Waals surface area contributed by atoms with Crippen LogP contribution in [0, 0.1) is 5.82 Å². The highest BCUT2D eigenvalue weighted by Gasteiger charge is 2.11. The van der Waals surface area contributed by atoms with Gasteiger partial charge in [-0.15, -0.1) is 10.2 Å². The molecule has 2 aromatic carbocycles. The molecule has 138 valence electrons. The van der Waals surface area contributed by atoms with Crippen molar-refractivity contribution in [1.29, 1.82) is 0 Å². The third-order valence-electron chi connectivity index (χ3n) is 3.51. The molecule has 1 heterocycles. The molecule has 8 nitrogen and oxygen atoms in total. The van der Waals surface area contributed by atoms with E-state index in [1.165, 1.54) is 19.4 Å². The molecule has 3 rings (SSSR count). The van der Waals surface area contributed by atoms with Gasteiger partial charge in [-0.3, -0.25) is 9.78 Å². The Morgan fingerprint density at radius 2 is 2.11 bits per heavy atom. The third-order valence-corrected chi connectivity index (χ3v) is 3.51. The second-order valence-electron chi connectivity index (χ2n) is 5.31. The highest BCUT2D eigenvalue weighted by atomic mass is 19.1. The van der Waals surface area contributed by atoms with Crippen molar-refractivity contribution < 1.29 is 13.9 Å². The van der Waals surface area contributed by atoms with Gasteiger partial charge in [0.2, 0.25) is 5.95 Å². The molecule has 3 aromatic rings. The summed E-state index contributed by atoms with van der Waals surface area (Å²) in [6.45, 7) is 0.0266. The number of H-pyrrole nitrogens is 1. The van der Waals surface area contributed by atoms with Gasteiger partial charge in [-0.25, -0.2) is 9.82 Å². The summed E-state index contributed by atoms with van der Waals surface area (Å²) in [5, 5.41) is 11.2. The fourth-order valence-corrected chi connectivity index (χ4v) is 2.24. The van der Waals surface area contributed by atoms with Crippen molar-refractivity contribution in [1.82, 2.24) is 15.2 Å². The van der Waals surface area contributed by atoms with E-state index in [0.717, 1.165) is 6.20 Å². The maximum absolute atomic E-state index is 13.8. The van der Waals surface area contributed by atoms with Crippen molar-refractivity contribution in [3.63, 3.8) is 0 Å². The number of methoxy groups -OCH3 is 1. The second kappa shape index (κ2) is 8.56. The van der Waals surface area contributed by atoms with E-state index in [4.69, 9.17) is 9.47 Å². The molecule has 0 atom stereocenters. The minimum Gasteiger partial charge on any atom is -0.493 e. The van der Waals surface area contributed by atoms with Crippen molar-refractivity contribution in [2.45, 2.75) is 6.61 Å². The maximum Gasteiger partial charge on any atom is 0.271 e. The Morgan fingerprint density at radius 1 is 1.26 bits per heavy atom. The predicted octanol–water partition coefficient (Wildman–Crippen LogP) is 2.34. The van der Waals surface area contributed by atoms with Crippen molar-refractivity contribution >= 4 is 12.2 Å². The quantitative estimate of drug-likeness (QED) is 0.490. The van der Waals surface area contributed by atoms with Crippen LogP contribution in [0.2, 0.25) is 0 Å². The van der Waals surface area contributed by atoms with E-state index in [9.17, 15) is 9.18 Å². The van der Waals surface area contributed by atoms with E-state index in [0.29, 0.717) is 22.6 Å². The summed E-state index contributed by atoms with van der Waals surface area (Å²) in [4.78, 5) is 13.6. The van der Waals surface area contributed by atoms with Crippen LogP contribution < -0.4 is 20.5 Å². The van der Waals surface area contributed by atoms with E-state index >= 15 is 0 Å². The Balaban J connectivity index is 1.79. The number of nitrogens with zero attached hydrogens (tertiary/aromatic N) is 3. The lowest BCUT2D eigenvalue weighted by Gasteiger charge is -2.13. The topological polar surface area (TPSA) is 101 Å². The summed E-state index contributed by atoms with van der Waals surface area (Å²) >= 11 is 0. The molecule has 0 bridgehead atoms. The van der Waals surface area contributed by atoms with E-state index in [1.807, 2.05) is 0 Å². The van der Waals surface area contributed by atoms with Gasteiger partial charge >= 0.3 is 0 Å². The fraction of sp³-hybridized carbons (Fsp3) is 0.111. The van der Waals surface area contributed by atoms with Gasteiger partial charge in [0.1, 0.15) is 18.6 Å². The molecule has 9 heteroatoms. The molecule has 0 saturated carbocycles. The number of aromatic amines is 1. The van der Waals surface area contributed by atoms with Crippen molar-refractivity contribution in [3.05, 3.63) is 76.0 Å². The number of anilines is 1. The number of aromatic nitrogens is 3. The van der Waals surface area contributed by atoms with Gasteiger partial charge in [0.15, 0.2) is 11.5 Å². The van der Waals surface area contributed by atoms with Crippen LogP contribution in [-0.4, -0.2) is 28.5 Å². The lowest BCUT2D eigenvalue weighted by atomic mass is 10.2. The van der Waals surface area contributed by atoms with E-state index in [-0.39, 0.29) is 18.4 Å². The first kappa shape index (κ1) is 18.1. The normalized spacial score (nSPS) is 10.7. The molecule has 1 aromatic heterocycles. The van der Waals surface area contributed by atoms with Crippen LogP contribution in [0.1, 0.15) is 11.1 Å². The molecule has 0 fully saturated rings. The average Bonchev–Trinajstić information content (AvgIpc) is 2.68. The Labute approximate surface area is 153 Å². The summed E-state index contributed by atoms with van der Waals surface area (Å²) < 4.78 is 24.9. The predicted molar refractivity (Wildman–Crippen MR) is 97.6 cm³/mol. The first-order valence-electron chi connectivity index (χ1n) is 7.91. The van der Waals surface area contributed by atoms with Crippen LogP contribution in [0.15, 0.2) is 58.6 Å². The molecule has 0 unspecified atom stereocenters. The molecule has 0 spiro atoms. The van der Waals surface area contributed by atoms with Gasteiger partial charge < -0.3 is 9.47 Å². The Kier molecular flexibility index (Phi) is 5.73. The number of hydrogen-bond donors (Lipinski definition) is 2. The Bertz CT molecular complexity index is 1010. The van der Waals surface area contributed by atoms with Crippen LogP contribution in [0.3, 0.4) is 0 Å². The number of rotatable bonds is 7. The lowest BCUT2D eigenvalue weighted by molar-refractivity contribution is 0.279. The van der Waals surface area contributed by atoms with Crippen LogP contribution in [0.25, 0.3) is 0 Å². The van der Waals surface area contributed by atoms with Crippen LogP contribution in [0.4, 0.5) is 10.3 Å². The maximum atomic E-state index is 13.8. The number of halogens is 1. The van der Waals surface area contributed by atoms with Gasteiger partial charge in [-0.2, -0.15) is 5.10 Å². The van der Waals surface area contributed by atoms with E-state index < -0.39 is 5.56 Å². The van der Waals surface area contributed by atoms with Crippen molar-refractivity contribution in [2.75, 3.05) is 12.5 Å². The molecule has 27 heavy (non-hydrogen) atoms. The average molecular weight is 369 g/mol. The molecular formula is C18H16FN5O3. The summed E-state index contributed by atoms with van der Waals surface area (Å²) in [5.41, 5.74) is 3.17. The zero-order chi connectivity index (χ0) is 19.1. The molecule has 0 aliphatic carbocycles. The summed E-state index contributed by atoms with van der Waals surface area (Å²) in [5.74, 6) is 0.621. The minimum atomic E-state index is -0.405. The van der Waals surface area contributed by atoms with Crippen LogP contribution >= 0.6 is 0 Å². The van der Waals surface area contributed by atoms with Crippen molar-refractivity contribution in [2.24, 2.45) is 5.10 Å². The summed E-state index contributed by atoms with van der Waals surface area (Å²) in [7, 11) is 1.51. The molecule has 0 amide bonds. The summed E-state index contributed by atoms with van der Waals surface area (Å²) in [6.07, 6.45) is 2.51. The number of benzene rings is 2. The number of para-hydroxylation sites is 1. The van der Waals surface area contributed by atoms with Crippen molar-refractivity contribution in [3.8, 4) is 11.5 Å². The molecule has 0 radical (unpaired) electrons. The number of hydrogen-bond acceptors (Lipinski definition) is 7. The number of nitrogens with one attached hydrogen (secondary N) is 2. The first-order valence-corrected chi connectivity index (χ1v) is 7.91. The molecular weight excluding hydrogens is 353 g/mol.